The highest BCUT2D eigenvalue weighted by atomic mass is 127. The van der Waals surface area contributed by atoms with Gasteiger partial charge in [0.05, 0.1) is 5.69 Å². The first-order valence-electron chi connectivity index (χ1n) is 8.14. The van der Waals surface area contributed by atoms with Crippen molar-refractivity contribution < 1.29 is 0 Å². The second-order valence-electron chi connectivity index (χ2n) is 5.94. The fourth-order valence-corrected chi connectivity index (χ4v) is 4.16. The van der Waals surface area contributed by atoms with Gasteiger partial charge in [-0.1, -0.05) is 60.4 Å². The third-order valence-corrected chi connectivity index (χ3v) is 5.40. The van der Waals surface area contributed by atoms with Gasteiger partial charge in [-0.05, 0) is 58.5 Å². The van der Waals surface area contributed by atoms with Crippen molar-refractivity contribution in [3.8, 4) is 23.1 Å². The summed E-state index contributed by atoms with van der Waals surface area (Å²) in [6.07, 6.45) is 0. The van der Waals surface area contributed by atoms with Gasteiger partial charge in [-0.25, -0.2) is 0 Å². The van der Waals surface area contributed by atoms with Crippen molar-refractivity contribution in [2.24, 2.45) is 7.05 Å². The van der Waals surface area contributed by atoms with Crippen molar-refractivity contribution in [3.05, 3.63) is 93.6 Å². The first kappa shape index (κ1) is 16.0. The predicted octanol–water partition coefficient (Wildman–Crippen LogP) is 5.85. The molecule has 25 heavy (non-hydrogen) atoms. The van der Waals surface area contributed by atoms with Gasteiger partial charge in [0, 0.05) is 32.6 Å². The van der Waals surface area contributed by atoms with E-state index in [-0.39, 0.29) is 0 Å². The van der Waals surface area contributed by atoms with Crippen LogP contribution in [0, 0.1) is 15.4 Å². The molecule has 0 radical (unpaired) electrons. The standard InChI is InChI=1S/C23H16IN/c1-25-21-15-14-18(13-12-17-8-4-2-5-9-17)16-20(21)22(24)23(25)19-10-6-3-7-11-19/h2-11,14-16H,1H3. The number of aryl methyl sites for hydroxylation is 1. The number of halogens is 1. The van der Waals surface area contributed by atoms with Gasteiger partial charge >= 0.3 is 0 Å². The predicted molar refractivity (Wildman–Crippen MR) is 113 cm³/mol. The van der Waals surface area contributed by atoms with E-state index in [0.717, 1.165) is 11.1 Å². The van der Waals surface area contributed by atoms with Crippen molar-refractivity contribution >= 4 is 33.5 Å². The van der Waals surface area contributed by atoms with Gasteiger partial charge in [-0.15, -0.1) is 0 Å². The number of rotatable bonds is 1. The van der Waals surface area contributed by atoms with Crippen LogP contribution < -0.4 is 0 Å². The van der Waals surface area contributed by atoms with E-state index in [2.05, 4.69) is 94.6 Å². The van der Waals surface area contributed by atoms with Crippen LogP contribution in [0.3, 0.4) is 0 Å². The van der Waals surface area contributed by atoms with Gasteiger partial charge in [0.1, 0.15) is 0 Å². The number of aromatic nitrogens is 1. The lowest BCUT2D eigenvalue weighted by Crippen LogP contribution is -1.91. The van der Waals surface area contributed by atoms with E-state index in [1.165, 1.54) is 25.7 Å². The molecule has 0 aliphatic rings. The Kier molecular flexibility index (Phi) is 4.33. The summed E-state index contributed by atoms with van der Waals surface area (Å²) >= 11 is 2.45. The molecule has 0 saturated heterocycles. The SMILES string of the molecule is Cn1c(-c2ccccc2)c(I)c2cc(C#Cc3ccccc3)ccc21. The lowest BCUT2D eigenvalue weighted by Gasteiger charge is -2.04. The first-order valence-corrected chi connectivity index (χ1v) is 9.22. The Bertz CT molecular complexity index is 1100. The molecule has 0 atom stereocenters. The minimum Gasteiger partial charge on any atom is -0.343 e. The van der Waals surface area contributed by atoms with Crippen LogP contribution >= 0.6 is 22.6 Å². The molecule has 0 aliphatic carbocycles. The second kappa shape index (κ2) is 6.78. The summed E-state index contributed by atoms with van der Waals surface area (Å²) in [5.41, 5.74) is 5.80. The zero-order valence-electron chi connectivity index (χ0n) is 13.8. The second-order valence-corrected chi connectivity index (χ2v) is 7.01. The molecule has 0 aliphatic heterocycles. The highest BCUT2D eigenvalue weighted by Crippen LogP contribution is 2.34. The summed E-state index contributed by atoms with van der Waals surface area (Å²) in [5.74, 6) is 6.53. The highest BCUT2D eigenvalue weighted by Gasteiger charge is 2.14. The van der Waals surface area contributed by atoms with E-state index >= 15 is 0 Å². The molecule has 2 heteroatoms. The molecule has 120 valence electrons. The lowest BCUT2D eigenvalue weighted by molar-refractivity contribution is 0.976. The van der Waals surface area contributed by atoms with Gasteiger partial charge in [0.15, 0.2) is 0 Å². The van der Waals surface area contributed by atoms with Crippen LogP contribution in [-0.2, 0) is 7.05 Å². The molecule has 4 rings (SSSR count). The van der Waals surface area contributed by atoms with E-state index in [4.69, 9.17) is 0 Å². The summed E-state index contributed by atoms with van der Waals surface area (Å²) < 4.78 is 3.53. The molecule has 0 saturated carbocycles. The van der Waals surface area contributed by atoms with E-state index in [1.807, 2.05) is 30.3 Å². The van der Waals surface area contributed by atoms with E-state index < -0.39 is 0 Å². The van der Waals surface area contributed by atoms with Crippen molar-refractivity contribution in [2.75, 3.05) is 0 Å². The van der Waals surface area contributed by atoms with Crippen molar-refractivity contribution in [1.29, 1.82) is 0 Å². The fraction of sp³-hybridized carbons (Fsp3) is 0.0435. The Hall–Kier alpha value is -2.51. The van der Waals surface area contributed by atoms with E-state index in [0.29, 0.717) is 0 Å². The quantitative estimate of drug-likeness (QED) is 0.262. The minimum absolute atomic E-state index is 1.04. The molecule has 1 nitrogen and oxygen atoms in total. The smallest absolute Gasteiger partial charge is 0.0624 e. The zero-order chi connectivity index (χ0) is 17.2. The third-order valence-electron chi connectivity index (χ3n) is 4.31. The Morgan fingerprint density at radius 1 is 0.760 bits per heavy atom. The third kappa shape index (κ3) is 3.08. The van der Waals surface area contributed by atoms with Crippen LogP contribution in [0.2, 0.25) is 0 Å². The summed E-state index contributed by atoms with van der Waals surface area (Å²) in [5, 5.41) is 1.25. The number of hydrogen-bond acceptors (Lipinski definition) is 0. The molecule has 0 bridgehead atoms. The average molecular weight is 433 g/mol. The van der Waals surface area contributed by atoms with Gasteiger partial charge in [0.25, 0.3) is 0 Å². The molecule has 0 amide bonds. The summed E-state index contributed by atoms with van der Waals surface area (Å²) in [7, 11) is 2.13. The molecular weight excluding hydrogens is 417 g/mol. The maximum Gasteiger partial charge on any atom is 0.0624 e. The number of fused-ring (bicyclic) bond motifs is 1. The van der Waals surface area contributed by atoms with E-state index in [9.17, 15) is 0 Å². The zero-order valence-corrected chi connectivity index (χ0v) is 16.0. The van der Waals surface area contributed by atoms with Crippen LogP contribution in [0.25, 0.3) is 22.2 Å². The normalized spacial score (nSPS) is 10.5. The summed E-state index contributed by atoms with van der Waals surface area (Å²) in [6.45, 7) is 0. The number of hydrogen-bond donors (Lipinski definition) is 0. The molecule has 0 unspecified atom stereocenters. The molecule has 1 heterocycles. The highest BCUT2D eigenvalue weighted by molar-refractivity contribution is 14.1. The van der Waals surface area contributed by atoms with Gasteiger partial charge in [-0.2, -0.15) is 0 Å². The van der Waals surface area contributed by atoms with Crippen LogP contribution in [0.15, 0.2) is 78.9 Å². The Morgan fingerprint density at radius 3 is 2.12 bits per heavy atom. The topological polar surface area (TPSA) is 4.93 Å². The summed E-state index contributed by atoms with van der Waals surface area (Å²) in [4.78, 5) is 0. The fourth-order valence-electron chi connectivity index (χ4n) is 3.06. The Balaban J connectivity index is 1.82. The minimum atomic E-state index is 1.04. The largest absolute Gasteiger partial charge is 0.343 e. The molecule has 0 spiro atoms. The van der Waals surface area contributed by atoms with Crippen molar-refractivity contribution in [3.63, 3.8) is 0 Å². The molecule has 3 aromatic carbocycles. The Labute approximate surface area is 161 Å². The van der Waals surface area contributed by atoms with Gasteiger partial charge in [0.2, 0.25) is 0 Å². The first-order chi connectivity index (χ1) is 12.2. The number of nitrogens with zero attached hydrogens (tertiary/aromatic N) is 1. The van der Waals surface area contributed by atoms with E-state index in [1.54, 1.807) is 0 Å². The molecular formula is C23H16IN. The Morgan fingerprint density at radius 2 is 1.40 bits per heavy atom. The molecule has 0 fully saturated rings. The van der Waals surface area contributed by atoms with Gasteiger partial charge < -0.3 is 4.57 Å². The lowest BCUT2D eigenvalue weighted by atomic mass is 10.1. The molecule has 1 aromatic heterocycles. The maximum absolute atomic E-state index is 3.29. The molecule has 0 N–H and O–H groups in total. The maximum atomic E-state index is 3.29. The monoisotopic (exact) mass is 433 g/mol. The van der Waals surface area contributed by atoms with Crippen molar-refractivity contribution in [1.82, 2.24) is 4.57 Å². The average Bonchev–Trinajstić information content (AvgIpc) is 2.92. The van der Waals surface area contributed by atoms with Crippen LogP contribution in [0.1, 0.15) is 11.1 Å². The van der Waals surface area contributed by atoms with Crippen LogP contribution in [-0.4, -0.2) is 4.57 Å². The van der Waals surface area contributed by atoms with Gasteiger partial charge in [-0.3, -0.25) is 0 Å². The van der Waals surface area contributed by atoms with Crippen LogP contribution in [0.4, 0.5) is 0 Å². The molecule has 4 aromatic rings. The van der Waals surface area contributed by atoms with Crippen LogP contribution in [0.5, 0.6) is 0 Å². The number of benzene rings is 3. The summed E-state index contributed by atoms with van der Waals surface area (Å²) in [6, 6.07) is 27.1. The van der Waals surface area contributed by atoms with Crippen molar-refractivity contribution in [2.45, 2.75) is 0 Å².